The molecule has 20 heavy (non-hydrogen) atoms. The highest BCUT2D eigenvalue weighted by Crippen LogP contribution is 2.27. The minimum absolute atomic E-state index is 0.148. The summed E-state index contributed by atoms with van der Waals surface area (Å²) in [4.78, 5) is 16.0. The molecule has 1 aliphatic heterocycles. The molecule has 0 bridgehead atoms. The van der Waals surface area contributed by atoms with Gasteiger partial charge in [0.15, 0.2) is 0 Å². The third-order valence-corrected chi connectivity index (χ3v) is 2.99. The van der Waals surface area contributed by atoms with Crippen LogP contribution in [0.15, 0.2) is 23.3 Å². The van der Waals surface area contributed by atoms with Crippen LogP contribution in [0.5, 0.6) is 5.75 Å². The summed E-state index contributed by atoms with van der Waals surface area (Å²) in [5.41, 5.74) is 9.99. The average molecular weight is 276 g/mol. The maximum absolute atomic E-state index is 11.8. The maximum Gasteiger partial charge on any atom is 0.414 e. The van der Waals surface area contributed by atoms with Gasteiger partial charge in [0, 0.05) is 10.6 Å². The lowest BCUT2D eigenvalue weighted by Crippen LogP contribution is -2.25. The highest BCUT2D eigenvalue weighted by molar-refractivity contribution is 5.90. The van der Waals surface area contributed by atoms with Crippen LogP contribution in [-0.4, -0.2) is 31.9 Å². The number of carbonyl (C=O) groups is 1. The summed E-state index contributed by atoms with van der Waals surface area (Å²) in [6, 6.07) is 5.53. The van der Waals surface area contributed by atoms with E-state index in [4.69, 9.17) is 15.0 Å². The molecular weight excluding hydrogens is 260 g/mol. The highest BCUT2D eigenvalue weighted by Gasteiger charge is 2.31. The van der Waals surface area contributed by atoms with Crippen LogP contribution in [0.4, 0.5) is 10.5 Å². The molecular formula is C13H16N4O3. The Morgan fingerprint density at radius 2 is 2.40 bits per heavy atom. The summed E-state index contributed by atoms with van der Waals surface area (Å²) < 4.78 is 10.6. The molecule has 0 spiro atoms. The van der Waals surface area contributed by atoms with E-state index in [0.717, 1.165) is 17.0 Å². The van der Waals surface area contributed by atoms with Crippen molar-refractivity contribution in [1.29, 1.82) is 0 Å². The number of amides is 1. The van der Waals surface area contributed by atoms with Gasteiger partial charge in [-0.1, -0.05) is 5.11 Å². The van der Waals surface area contributed by atoms with E-state index >= 15 is 0 Å². The van der Waals surface area contributed by atoms with Crippen molar-refractivity contribution in [2.24, 2.45) is 5.11 Å². The lowest BCUT2D eigenvalue weighted by Gasteiger charge is -2.15. The summed E-state index contributed by atoms with van der Waals surface area (Å²) in [6.07, 6.45) is -0.822. The van der Waals surface area contributed by atoms with Crippen LogP contribution in [0.1, 0.15) is 12.5 Å². The number of hydrogen-bond acceptors (Lipinski definition) is 4. The van der Waals surface area contributed by atoms with Crippen molar-refractivity contribution in [2.45, 2.75) is 20.0 Å². The van der Waals surface area contributed by atoms with Crippen molar-refractivity contribution in [3.05, 3.63) is 34.2 Å². The summed E-state index contributed by atoms with van der Waals surface area (Å²) >= 11 is 0. The molecule has 2 rings (SSSR count). The smallest absolute Gasteiger partial charge is 0.414 e. The second-order valence-corrected chi connectivity index (χ2v) is 4.41. The molecule has 0 unspecified atom stereocenters. The predicted octanol–water partition coefficient (Wildman–Crippen LogP) is 3.03. The molecule has 1 amide bonds. The van der Waals surface area contributed by atoms with E-state index in [-0.39, 0.29) is 6.54 Å². The topological polar surface area (TPSA) is 87.5 Å². The Bertz CT molecular complexity index is 555. The number of hydrogen-bond donors (Lipinski definition) is 0. The molecule has 7 nitrogen and oxygen atoms in total. The Balaban J connectivity index is 2.13. The first kappa shape index (κ1) is 14.0. The second kappa shape index (κ2) is 6.16. The van der Waals surface area contributed by atoms with Crippen LogP contribution in [0, 0.1) is 6.92 Å². The van der Waals surface area contributed by atoms with Gasteiger partial charge >= 0.3 is 6.09 Å². The summed E-state index contributed by atoms with van der Waals surface area (Å²) in [7, 11) is 0. The zero-order valence-corrected chi connectivity index (χ0v) is 11.4. The van der Waals surface area contributed by atoms with Crippen LogP contribution >= 0.6 is 0 Å². The molecule has 0 aromatic heterocycles. The predicted molar refractivity (Wildman–Crippen MR) is 74.0 cm³/mol. The fourth-order valence-electron chi connectivity index (χ4n) is 2.07. The molecule has 1 saturated heterocycles. The molecule has 1 aromatic rings. The lowest BCUT2D eigenvalue weighted by molar-refractivity contribution is 0.145. The van der Waals surface area contributed by atoms with Crippen molar-refractivity contribution in [3.63, 3.8) is 0 Å². The van der Waals surface area contributed by atoms with Crippen molar-refractivity contribution >= 4 is 11.8 Å². The van der Waals surface area contributed by atoms with E-state index in [1.165, 1.54) is 4.90 Å². The Kier molecular flexibility index (Phi) is 4.32. The number of benzene rings is 1. The number of rotatable bonds is 5. The van der Waals surface area contributed by atoms with E-state index in [1.54, 1.807) is 0 Å². The van der Waals surface area contributed by atoms with Crippen LogP contribution < -0.4 is 9.64 Å². The molecule has 0 aliphatic carbocycles. The molecule has 106 valence electrons. The molecule has 1 heterocycles. The Morgan fingerprint density at radius 1 is 1.60 bits per heavy atom. The van der Waals surface area contributed by atoms with Gasteiger partial charge in [-0.2, -0.15) is 0 Å². The van der Waals surface area contributed by atoms with Gasteiger partial charge in [-0.05, 0) is 43.1 Å². The fourth-order valence-corrected chi connectivity index (χ4v) is 2.07. The Hall–Kier alpha value is -2.40. The van der Waals surface area contributed by atoms with Crippen molar-refractivity contribution in [1.82, 2.24) is 0 Å². The SMILES string of the molecule is CCOc1ccc(N2C[C@H](CN=[N+]=[N-])OC2=O)cc1C. The zero-order valence-electron chi connectivity index (χ0n) is 11.4. The third-order valence-electron chi connectivity index (χ3n) is 2.99. The lowest BCUT2D eigenvalue weighted by atomic mass is 10.2. The first-order valence-electron chi connectivity index (χ1n) is 6.38. The standard InChI is InChI=1S/C13H16N4O3/c1-3-19-12-5-4-10(6-9(12)2)17-8-11(7-15-16-14)20-13(17)18/h4-6,11H,3,7-8H2,1-2H3/t11-/m0/s1. The number of nitrogens with zero attached hydrogens (tertiary/aromatic N) is 4. The average Bonchev–Trinajstić information content (AvgIpc) is 2.80. The molecule has 1 fully saturated rings. The Labute approximate surface area is 116 Å². The normalized spacial score (nSPS) is 17.6. The minimum Gasteiger partial charge on any atom is -0.494 e. The quantitative estimate of drug-likeness (QED) is 0.470. The van der Waals surface area contributed by atoms with Crippen LogP contribution in [0.3, 0.4) is 0 Å². The minimum atomic E-state index is -0.424. The van der Waals surface area contributed by atoms with Gasteiger partial charge in [0.25, 0.3) is 0 Å². The molecule has 7 heteroatoms. The molecule has 0 N–H and O–H groups in total. The molecule has 0 radical (unpaired) electrons. The van der Waals surface area contributed by atoms with Gasteiger partial charge in [0.2, 0.25) is 0 Å². The number of aryl methyl sites for hydroxylation is 1. The van der Waals surface area contributed by atoms with Gasteiger partial charge < -0.3 is 9.47 Å². The van der Waals surface area contributed by atoms with E-state index in [1.807, 2.05) is 32.0 Å². The van der Waals surface area contributed by atoms with Crippen molar-refractivity contribution < 1.29 is 14.3 Å². The van der Waals surface area contributed by atoms with Crippen LogP contribution in [0.25, 0.3) is 10.4 Å². The first-order chi connectivity index (χ1) is 9.65. The van der Waals surface area contributed by atoms with E-state index in [2.05, 4.69) is 10.0 Å². The van der Waals surface area contributed by atoms with Gasteiger partial charge in [0.05, 0.1) is 19.7 Å². The summed E-state index contributed by atoms with van der Waals surface area (Å²) in [6.45, 7) is 4.97. The molecule has 1 atom stereocenters. The van der Waals surface area contributed by atoms with Gasteiger partial charge in [0.1, 0.15) is 11.9 Å². The number of cyclic esters (lactones) is 1. The number of anilines is 1. The van der Waals surface area contributed by atoms with E-state index in [0.29, 0.717) is 13.2 Å². The summed E-state index contributed by atoms with van der Waals surface area (Å²) in [5.74, 6) is 0.800. The second-order valence-electron chi connectivity index (χ2n) is 4.41. The summed E-state index contributed by atoms with van der Waals surface area (Å²) in [5, 5.41) is 3.43. The highest BCUT2D eigenvalue weighted by atomic mass is 16.6. The fraction of sp³-hybridized carbons (Fsp3) is 0.462. The largest absolute Gasteiger partial charge is 0.494 e. The van der Waals surface area contributed by atoms with Gasteiger partial charge in [-0.15, -0.1) is 0 Å². The van der Waals surface area contributed by atoms with E-state index in [9.17, 15) is 4.79 Å². The molecule has 0 saturated carbocycles. The number of ether oxygens (including phenoxy) is 2. The number of azide groups is 1. The third kappa shape index (κ3) is 2.95. The van der Waals surface area contributed by atoms with Gasteiger partial charge in [-0.25, -0.2) is 4.79 Å². The monoisotopic (exact) mass is 276 g/mol. The van der Waals surface area contributed by atoms with E-state index < -0.39 is 12.2 Å². The van der Waals surface area contributed by atoms with Gasteiger partial charge in [-0.3, -0.25) is 4.90 Å². The van der Waals surface area contributed by atoms with Crippen LogP contribution in [0.2, 0.25) is 0 Å². The first-order valence-corrected chi connectivity index (χ1v) is 6.38. The zero-order chi connectivity index (χ0) is 14.5. The maximum atomic E-state index is 11.8. The number of carbonyl (C=O) groups excluding carboxylic acids is 1. The molecule has 1 aliphatic rings. The van der Waals surface area contributed by atoms with Crippen molar-refractivity contribution in [3.8, 4) is 5.75 Å². The Morgan fingerprint density at radius 3 is 3.05 bits per heavy atom. The molecule has 1 aromatic carbocycles. The van der Waals surface area contributed by atoms with Crippen molar-refractivity contribution in [2.75, 3.05) is 24.6 Å². The van der Waals surface area contributed by atoms with Crippen LogP contribution in [-0.2, 0) is 4.74 Å².